The molecule has 13 heavy (non-hydrogen) atoms. The average Bonchev–Trinajstić information content (AvgIpc) is 1.14. The number of hydrogen-bond acceptors (Lipinski definition) is 0. The van der Waals surface area contributed by atoms with Crippen LogP contribution in [0.4, 0.5) is 0 Å². The van der Waals surface area contributed by atoms with E-state index in [4.69, 9.17) is 0 Å². The van der Waals surface area contributed by atoms with E-state index >= 15 is 0 Å². The summed E-state index contributed by atoms with van der Waals surface area (Å²) in [6.07, 6.45) is 0. The van der Waals surface area contributed by atoms with Crippen LogP contribution in [0.25, 0.3) is 0 Å². The molecule has 0 aliphatic carbocycles. The molecule has 0 fully saturated rings. The van der Waals surface area contributed by atoms with E-state index in [0.29, 0.717) is 10.3 Å². The van der Waals surface area contributed by atoms with Crippen molar-refractivity contribution in [1.29, 1.82) is 0 Å². The van der Waals surface area contributed by atoms with Crippen LogP contribution in [0.2, 0.25) is 0 Å². The molecule has 0 amide bonds. The van der Waals surface area contributed by atoms with Gasteiger partial charge in [-0.25, -0.2) is 0 Å². The Hall–Kier alpha value is 2.37. The Morgan fingerprint density at radius 1 is 0.692 bits per heavy atom. The molecule has 0 N–H and O–H groups in total. The van der Waals surface area contributed by atoms with E-state index in [0.717, 1.165) is 0 Å². The number of rotatable bonds is 0. The Morgan fingerprint density at radius 2 is 0.846 bits per heavy atom. The van der Waals surface area contributed by atoms with Gasteiger partial charge >= 0.3 is 41.9 Å². The molecule has 0 rings (SSSR count). The number of hydrogen-bond donors (Lipinski definition) is 0. The minimum absolute atomic E-state index is 0. The molecule has 0 saturated carbocycles. The van der Waals surface area contributed by atoms with Crippen LogP contribution in [0.5, 0.6) is 0 Å². The molecule has 0 bridgehead atoms. The van der Waals surface area contributed by atoms with Crippen molar-refractivity contribution in [3.8, 4) is 0 Å². The second-order valence-electron chi connectivity index (χ2n) is 4.45. The molecule has 0 aliphatic heterocycles. The van der Waals surface area contributed by atoms with E-state index in [9.17, 15) is 0 Å². The normalized spacial score (nSPS) is 9.69. The van der Waals surface area contributed by atoms with Gasteiger partial charge in [0.1, 0.15) is 0 Å². The second-order valence-corrected chi connectivity index (χ2v) is 7.36. The third-order valence-corrected chi connectivity index (χ3v) is 2.01. The molecule has 0 aromatic heterocycles. The molecule has 0 aliphatic rings. The van der Waals surface area contributed by atoms with Gasteiger partial charge in [-0.2, -0.15) is 10.3 Å². The maximum Gasteiger partial charge on any atom is 2.00 e. The van der Waals surface area contributed by atoms with Crippen molar-refractivity contribution in [2.24, 2.45) is 0 Å². The monoisotopic (exact) mass is 246 g/mol. The fourth-order valence-corrected chi connectivity index (χ4v) is 3.02. The van der Waals surface area contributed by atoms with Gasteiger partial charge < -0.3 is 33.4 Å². The van der Waals surface area contributed by atoms with Crippen LogP contribution in [-0.2, 0) is 0 Å². The van der Waals surface area contributed by atoms with Crippen LogP contribution in [0.15, 0.2) is 0 Å². The van der Waals surface area contributed by atoms with E-state index in [-0.39, 0.29) is 66.7 Å². The van der Waals surface area contributed by atoms with Crippen LogP contribution < -0.4 is 43.7 Å². The van der Waals surface area contributed by atoms with Crippen molar-refractivity contribution in [1.82, 2.24) is 0 Å². The molecule has 0 nitrogen and oxygen atoms in total. The van der Waals surface area contributed by atoms with Gasteiger partial charge in [0.2, 0.25) is 0 Å². The van der Waals surface area contributed by atoms with Gasteiger partial charge in [-0.05, 0) is 0 Å². The van der Waals surface area contributed by atoms with Crippen molar-refractivity contribution in [2.75, 3.05) is 0 Å². The molecule has 0 aromatic carbocycles. The van der Waals surface area contributed by atoms with Crippen LogP contribution >= 0.6 is 8.58 Å². The first-order valence-electron chi connectivity index (χ1n) is 3.45. The Kier molecular flexibility index (Phi) is 24.7. The van der Waals surface area contributed by atoms with E-state index in [1.807, 2.05) is 0 Å². The van der Waals surface area contributed by atoms with E-state index < -0.39 is 0 Å². The molecule has 0 radical (unpaired) electrons. The zero-order valence-electron chi connectivity index (χ0n) is 9.91. The molecule has 0 unspecified atom stereocenters. The van der Waals surface area contributed by atoms with E-state index in [1.165, 1.54) is 8.58 Å². The van der Waals surface area contributed by atoms with Crippen LogP contribution in [0.3, 0.4) is 0 Å². The third-order valence-electron chi connectivity index (χ3n) is 0.671. The van der Waals surface area contributed by atoms with Crippen LogP contribution in [0, 0.1) is 0 Å². The maximum atomic E-state index is 2.28. The first-order chi connectivity index (χ1) is 3.71. The molecular formula is C8H18Cl2LiMgP. The van der Waals surface area contributed by atoms with E-state index in [2.05, 4.69) is 41.5 Å². The van der Waals surface area contributed by atoms with Crippen molar-refractivity contribution >= 4 is 31.6 Å². The summed E-state index contributed by atoms with van der Waals surface area (Å²) < 4.78 is 0. The van der Waals surface area contributed by atoms with Crippen molar-refractivity contribution in [3.05, 3.63) is 0 Å². The second kappa shape index (κ2) is 10.9. The third kappa shape index (κ3) is 31.4. The first kappa shape index (κ1) is 29.5. The zero-order chi connectivity index (χ0) is 7.71. The summed E-state index contributed by atoms with van der Waals surface area (Å²) >= 11 is 0. The predicted molar refractivity (Wildman–Crippen MR) is 52.2 cm³/mol. The molecule has 0 aromatic rings. The minimum Gasteiger partial charge on any atom is -1.00 e. The van der Waals surface area contributed by atoms with Crippen LogP contribution in [-0.4, -0.2) is 33.4 Å². The van der Waals surface area contributed by atoms with Gasteiger partial charge in [-0.3, -0.25) is 0 Å². The summed E-state index contributed by atoms with van der Waals surface area (Å²) in [5.74, 6) is 0. The fourth-order valence-electron chi connectivity index (χ4n) is 1.01. The Balaban J connectivity index is -0.0000000533. The molecular weight excluding hydrogens is 229 g/mol. The molecule has 0 saturated heterocycles. The predicted octanol–water partition coefficient (Wildman–Crippen LogP) is -5.84. The molecule has 0 atom stereocenters. The van der Waals surface area contributed by atoms with Gasteiger partial charge in [-0.1, -0.05) is 41.5 Å². The molecule has 0 spiro atoms. The van der Waals surface area contributed by atoms with Crippen molar-refractivity contribution in [3.63, 3.8) is 0 Å². The average molecular weight is 247 g/mol. The standard InChI is InChI=1S/C8H18P.2ClH.Li.Mg/c1-7(2,3)9-8(4,5)6;;;;/h1-6H3;2*1H;;/q-1;;;+1;+2/p-2. The molecule has 5 heteroatoms. The van der Waals surface area contributed by atoms with Gasteiger partial charge in [0.05, 0.1) is 0 Å². The summed E-state index contributed by atoms with van der Waals surface area (Å²) in [6, 6.07) is 0. The summed E-state index contributed by atoms with van der Waals surface area (Å²) in [7, 11) is 1.53. The maximum absolute atomic E-state index is 2.28. The Morgan fingerprint density at radius 3 is 0.846 bits per heavy atom. The smallest absolute Gasteiger partial charge is 1.00 e. The van der Waals surface area contributed by atoms with Gasteiger partial charge in [0.15, 0.2) is 0 Å². The van der Waals surface area contributed by atoms with E-state index in [1.54, 1.807) is 0 Å². The SMILES string of the molecule is CC(C)(C)[P-]C(C)(C)C.[Cl-].[Cl-].[Li+].[Mg+2]. The van der Waals surface area contributed by atoms with Crippen molar-refractivity contribution in [2.45, 2.75) is 51.9 Å². The fraction of sp³-hybridized carbons (Fsp3) is 1.00. The largest absolute Gasteiger partial charge is 2.00 e. The number of halogens is 2. The van der Waals surface area contributed by atoms with Crippen molar-refractivity contribution < 1.29 is 43.7 Å². The Labute approximate surface area is 126 Å². The molecule has 72 valence electrons. The molecule has 0 heterocycles. The van der Waals surface area contributed by atoms with Gasteiger partial charge in [0.25, 0.3) is 0 Å². The summed E-state index contributed by atoms with van der Waals surface area (Å²) in [4.78, 5) is 0. The quantitative estimate of drug-likeness (QED) is 0.295. The Bertz CT molecular complexity index is 87.3. The summed E-state index contributed by atoms with van der Waals surface area (Å²) in [5.41, 5.74) is 0. The minimum atomic E-state index is 0. The zero-order valence-corrected chi connectivity index (χ0v) is 13.7. The van der Waals surface area contributed by atoms with Gasteiger partial charge in [-0.15, -0.1) is 0 Å². The van der Waals surface area contributed by atoms with Crippen LogP contribution in [0.1, 0.15) is 41.5 Å². The summed E-state index contributed by atoms with van der Waals surface area (Å²) in [6.45, 7) is 13.7. The topological polar surface area (TPSA) is 0 Å². The summed E-state index contributed by atoms with van der Waals surface area (Å²) in [5, 5.41) is 0.913. The first-order valence-corrected chi connectivity index (χ1v) is 4.34. The van der Waals surface area contributed by atoms with Gasteiger partial charge in [0, 0.05) is 0 Å².